The summed E-state index contributed by atoms with van der Waals surface area (Å²) < 4.78 is 0. The molecule has 2 N–H and O–H groups in total. The quantitative estimate of drug-likeness (QED) is 0.645. The first-order valence-electron chi connectivity index (χ1n) is 6.74. The van der Waals surface area contributed by atoms with E-state index >= 15 is 0 Å². The van der Waals surface area contributed by atoms with Crippen LogP contribution in [0.5, 0.6) is 0 Å². The van der Waals surface area contributed by atoms with Crippen LogP contribution < -0.4 is 5.32 Å². The van der Waals surface area contributed by atoms with Crippen LogP contribution in [0, 0.1) is 11.8 Å². The first kappa shape index (κ1) is 14.3. The molecule has 2 unspecified atom stereocenters. The van der Waals surface area contributed by atoms with Crippen molar-refractivity contribution in [3.05, 3.63) is 0 Å². The minimum atomic E-state index is 0.333. The summed E-state index contributed by atoms with van der Waals surface area (Å²) in [6.45, 7) is 5.07. The molecule has 0 aliphatic heterocycles. The van der Waals surface area contributed by atoms with Crippen LogP contribution in [0.4, 0.5) is 0 Å². The van der Waals surface area contributed by atoms with Crippen LogP contribution >= 0.6 is 11.8 Å². The van der Waals surface area contributed by atoms with E-state index in [2.05, 4.69) is 12.2 Å². The third-order valence-corrected chi connectivity index (χ3v) is 4.64. The average molecular weight is 245 g/mol. The lowest BCUT2D eigenvalue weighted by molar-refractivity contribution is 0.249. The summed E-state index contributed by atoms with van der Waals surface area (Å²) in [6.07, 6.45) is 6.66. The van der Waals surface area contributed by atoms with Gasteiger partial charge in [0.2, 0.25) is 0 Å². The number of aliphatic hydroxyl groups excluding tert-OH is 1. The summed E-state index contributed by atoms with van der Waals surface area (Å²) in [5, 5.41) is 12.2. The molecule has 0 radical (unpaired) electrons. The van der Waals surface area contributed by atoms with E-state index in [1.807, 2.05) is 11.8 Å². The Kier molecular flexibility index (Phi) is 8.34. The van der Waals surface area contributed by atoms with Crippen LogP contribution in [0.3, 0.4) is 0 Å². The molecule has 2 atom stereocenters. The third kappa shape index (κ3) is 6.12. The Hall–Kier alpha value is 0.270. The molecule has 96 valence electrons. The molecule has 0 heterocycles. The van der Waals surface area contributed by atoms with Gasteiger partial charge in [-0.3, -0.25) is 0 Å². The monoisotopic (exact) mass is 245 g/mol. The van der Waals surface area contributed by atoms with Crippen molar-refractivity contribution >= 4 is 11.8 Å². The number of nitrogens with one attached hydrogen (secondary N) is 1. The van der Waals surface area contributed by atoms with E-state index in [9.17, 15) is 0 Å². The lowest BCUT2D eigenvalue weighted by Crippen LogP contribution is -2.30. The van der Waals surface area contributed by atoms with E-state index in [0.29, 0.717) is 6.61 Å². The van der Waals surface area contributed by atoms with Gasteiger partial charge in [0.25, 0.3) is 0 Å². The molecule has 0 aromatic rings. The molecule has 0 spiro atoms. The van der Waals surface area contributed by atoms with Gasteiger partial charge in [0.1, 0.15) is 0 Å². The molecule has 0 amide bonds. The van der Waals surface area contributed by atoms with E-state index in [1.165, 1.54) is 38.0 Å². The zero-order chi connectivity index (χ0) is 11.6. The highest BCUT2D eigenvalue weighted by molar-refractivity contribution is 7.99. The fourth-order valence-corrected chi connectivity index (χ4v) is 3.22. The zero-order valence-electron chi connectivity index (χ0n) is 10.6. The van der Waals surface area contributed by atoms with Crippen LogP contribution in [0.25, 0.3) is 0 Å². The van der Waals surface area contributed by atoms with Gasteiger partial charge in [-0.25, -0.2) is 0 Å². The molecule has 1 fully saturated rings. The summed E-state index contributed by atoms with van der Waals surface area (Å²) in [7, 11) is 0. The first-order chi connectivity index (χ1) is 7.84. The van der Waals surface area contributed by atoms with Crippen molar-refractivity contribution < 1.29 is 5.11 Å². The average Bonchev–Trinajstić information content (AvgIpc) is 2.30. The Labute approximate surface area is 105 Å². The second kappa shape index (κ2) is 9.32. The molecule has 0 aromatic carbocycles. The molecule has 0 saturated heterocycles. The van der Waals surface area contributed by atoms with E-state index < -0.39 is 0 Å². The Morgan fingerprint density at radius 3 is 2.81 bits per heavy atom. The molecule has 0 aromatic heterocycles. The maximum Gasteiger partial charge on any atom is 0.0438 e. The van der Waals surface area contributed by atoms with Crippen molar-refractivity contribution in [2.75, 3.05) is 31.2 Å². The molecule has 16 heavy (non-hydrogen) atoms. The van der Waals surface area contributed by atoms with Crippen molar-refractivity contribution in [2.24, 2.45) is 11.8 Å². The zero-order valence-corrected chi connectivity index (χ0v) is 11.4. The molecule has 1 aliphatic rings. The van der Waals surface area contributed by atoms with Crippen molar-refractivity contribution in [1.82, 2.24) is 5.32 Å². The highest BCUT2D eigenvalue weighted by atomic mass is 32.2. The fraction of sp³-hybridized carbons (Fsp3) is 1.00. The van der Waals surface area contributed by atoms with Crippen LogP contribution in [0.15, 0.2) is 0 Å². The smallest absolute Gasteiger partial charge is 0.0438 e. The van der Waals surface area contributed by atoms with Gasteiger partial charge in [-0.15, -0.1) is 0 Å². The Balaban J connectivity index is 1.90. The van der Waals surface area contributed by atoms with Gasteiger partial charge in [-0.2, -0.15) is 11.8 Å². The maximum atomic E-state index is 8.64. The first-order valence-corrected chi connectivity index (χ1v) is 7.89. The van der Waals surface area contributed by atoms with E-state index in [1.54, 1.807) is 0 Å². The van der Waals surface area contributed by atoms with Crippen molar-refractivity contribution in [1.29, 1.82) is 0 Å². The van der Waals surface area contributed by atoms with E-state index in [4.69, 9.17) is 5.11 Å². The molecule has 1 rings (SSSR count). The predicted molar refractivity (Wildman–Crippen MR) is 73.0 cm³/mol. The van der Waals surface area contributed by atoms with Gasteiger partial charge in [-0.1, -0.05) is 26.2 Å². The topological polar surface area (TPSA) is 32.3 Å². The lowest BCUT2D eigenvalue weighted by atomic mass is 9.80. The minimum Gasteiger partial charge on any atom is -0.396 e. The van der Waals surface area contributed by atoms with Crippen LogP contribution in [0.1, 0.15) is 39.0 Å². The number of hydrogen-bond donors (Lipinski definition) is 2. The molecular formula is C13H27NOS. The minimum absolute atomic E-state index is 0.333. The summed E-state index contributed by atoms with van der Waals surface area (Å²) in [5.74, 6) is 4.11. The second-order valence-electron chi connectivity index (χ2n) is 4.92. The number of hydrogen-bond acceptors (Lipinski definition) is 3. The number of rotatable bonds is 8. The molecule has 1 saturated carbocycles. The van der Waals surface area contributed by atoms with Crippen molar-refractivity contribution in [2.45, 2.75) is 39.0 Å². The summed E-state index contributed by atoms with van der Waals surface area (Å²) >= 11 is 1.94. The van der Waals surface area contributed by atoms with Crippen LogP contribution in [-0.2, 0) is 0 Å². The van der Waals surface area contributed by atoms with Gasteiger partial charge >= 0.3 is 0 Å². The van der Waals surface area contributed by atoms with Gasteiger partial charge < -0.3 is 10.4 Å². The largest absolute Gasteiger partial charge is 0.396 e. The van der Waals surface area contributed by atoms with Gasteiger partial charge in [0, 0.05) is 18.9 Å². The van der Waals surface area contributed by atoms with Gasteiger partial charge in [0.05, 0.1) is 0 Å². The standard InChI is InChI=1S/C13H27NOS/c1-12-5-2-3-6-13(12)11-14-7-10-16-9-4-8-15/h12-15H,2-11H2,1H3. The predicted octanol–water partition coefficient (Wildman–Crippen LogP) is 2.52. The lowest BCUT2D eigenvalue weighted by Gasteiger charge is -2.28. The second-order valence-corrected chi connectivity index (χ2v) is 6.14. The van der Waals surface area contributed by atoms with E-state index in [0.717, 1.165) is 30.6 Å². The molecule has 0 bridgehead atoms. The summed E-state index contributed by atoms with van der Waals surface area (Å²) in [5.41, 5.74) is 0. The van der Waals surface area contributed by atoms with Gasteiger partial charge in [0.15, 0.2) is 0 Å². The Morgan fingerprint density at radius 1 is 1.25 bits per heavy atom. The van der Waals surface area contributed by atoms with Crippen molar-refractivity contribution in [3.63, 3.8) is 0 Å². The Morgan fingerprint density at radius 2 is 2.06 bits per heavy atom. The Bertz CT molecular complexity index is 166. The molecular weight excluding hydrogens is 218 g/mol. The summed E-state index contributed by atoms with van der Waals surface area (Å²) in [4.78, 5) is 0. The normalized spacial score (nSPS) is 25.9. The van der Waals surface area contributed by atoms with E-state index in [-0.39, 0.29) is 0 Å². The highest BCUT2D eigenvalue weighted by Gasteiger charge is 2.20. The fourth-order valence-electron chi connectivity index (χ4n) is 2.40. The number of thioether (sulfide) groups is 1. The molecule has 2 nitrogen and oxygen atoms in total. The summed E-state index contributed by atoms with van der Waals surface area (Å²) in [6, 6.07) is 0. The van der Waals surface area contributed by atoms with Crippen molar-refractivity contribution in [3.8, 4) is 0 Å². The molecule has 3 heteroatoms. The van der Waals surface area contributed by atoms with Gasteiger partial charge in [-0.05, 0) is 37.0 Å². The van der Waals surface area contributed by atoms with Crippen LogP contribution in [0.2, 0.25) is 0 Å². The third-order valence-electron chi connectivity index (χ3n) is 3.57. The number of aliphatic hydroxyl groups is 1. The SMILES string of the molecule is CC1CCCCC1CNCCSCCCO. The highest BCUT2D eigenvalue weighted by Crippen LogP contribution is 2.28. The van der Waals surface area contributed by atoms with Crippen LogP contribution in [-0.4, -0.2) is 36.3 Å². The maximum absolute atomic E-state index is 8.64. The molecule has 1 aliphatic carbocycles.